The Labute approximate surface area is 114 Å². The van der Waals surface area contributed by atoms with Crippen molar-refractivity contribution in [3.63, 3.8) is 0 Å². The first-order chi connectivity index (χ1) is 9.24. The Morgan fingerprint density at radius 2 is 2.21 bits per heavy atom. The molecule has 3 nitrogen and oxygen atoms in total. The van der Waals surface area contributed by atoms with Crippen molar-refractivity contribution in [2.75, 3.05) is 0 Å². The van der Waals surface area contributed by atoms with Crippen LogP contribution in [0, 0.1) is 17.2 Å². The lowest BCUT2D eigenvalue weighted by molar-refractivity contribution is 0.0904. The molecule has 1 aliphatic rings. The number of hydrogen-bond donors (Lipinski definition) is 1. The number of nitriles is 1. The summed E-state index contributed by atoms with van der Waals surface area (Å²) >= 11 is 0. The van der Waals surface area contributed by atoms with Crippen molar-refractivity contribution in [2.45, 2.75) is 45.1 Å². The zero-order chi connectivity index (χ0) is 13.7. The lowest BCUT2D eigenvalue weighted by atomic mass is 9.83. The lowest BCUT2D eigenvalue weighted by Gasteiger charge is -2.31. The van der Waals surface area contributed by atoms with Gasteiger partial charge in [0.2, 0.25) is 0 Å². The summed E-state index contributed by atoms with van der Waals surface area (Å²) in [7, 11) is 0. The van der Waals surface area contributed by atoms with Crippen LogP contribution in [-0.2, 0) is 0 Å². The molecule has 0 radical (unpaired) electrons. The van der Waals surface area contributed by atoms with Gasteiger partial charge in [0.05, 0.1) is 11.6 Å². The first-order valence-corrected chi connectivity index (χ1v) is 7.05. The van der Waals surface area contributed by atoms with Gasteiger partial charge in [-0.2, -0.15) is 5.26 Å². The van der Waals surface area contributed by atoms with Gasteiger partial charge in [-0.3, -0.25) is 4.79 Å². The summed E-state index contributed by atoms with van der Waals surface area (Å²) < 4.78 is 0. The van der Waals surface area contributed by atoms with Crippen LogP contribution in [0.4, 0.5) is 0 Å². The first-order valence-electron chi connectivity index (χ1n) is 7.05. The van der Waals surface area contributed by atoms with E-state index in [4.69, 9.17) is 5.26 Å². The summed E-state index contributed by atoms with van der Waals surface area (Å²) in [4.78, 5) is 12.2. The molecule has 0 saturated heterocycles. The fourth-order valence-corrected chi connectivity index (χ4v) is 2.87. The minimum absolute atomic E-state index is 0.0533. The molecule has 1 fully saturated rings. The van der Waals surface area contributed by atoms with E-state index in [0.717, 1.165) is 12.8 Å². The van der Waals surface area contributed by atoms with E-state index in [1.165, 1.54) is 19.3 Å². The second-order valence-corrected chi connectivity index (χ2v) is 5.23. The van der Waals surface area contributed by atoms with Gasteiger partial charge >= 0.3 is 0 Å². The summed E-state index contributed by atoms with van der Waals surface area (Å²) in [5, 5.41) is 12.0. The van der Waals surface area contributed by atoms with E-state index in [2.05, 4.69) is 18.3 Å². The van der Waals surface area contributed by atoms with Gasteiger partial charge in [-0.15, -0.1) is 0 Å². The fraction of sp³-hybridized carbons (Fsp3) is 0.500. The van der Waals surface area contributed by atoms with Crippen molar-refractivity contribution in [1.82, 2.24) is 5.32 Å². The molecule has 0 spiro atoms. The summed E-state index contributed by atoms with van der Waals surface area (Å²) in [6, 6.07) is 9.24. The third-order valence-electron chi connectivity index (χ3n) is 4.00. The molecular weight excluding hydrogens is 236 g/mol. The molecule has 1 aromatic rings. The molecule has 2 atom stereocenters. The average molecular weight is 256 g/mol. The van der Waals surface area contributed by atoms with Crippen LogP contribution in [0.1, 0.15) is 54.9 Å². The highest BCUT2D eigenvalue weighted by atomic mass is 16.1. The number of rotatable bonds is 3. The Balaban J connectivity index is 2.05. The van der Waals surface area contributed by atoms with Crippen molar-refractivity contribution < 1.29 is 4.79 Å². The maximum absolute atomic E-state index is 12.2. The van der Waals surface area contributed by atoms with Gasteiger partial charge < -0.3 is 5.32 Å². The zero-order valence-electron chi connectivity index (χ0n) is 11.4. The van der Waals surface area contributed by atoms with Gasteiger partial charge in [-0.05, 0) is 37.0 Å². The van der Waals surface area contributed by atoms with E-state index in [-0.39, 0.29) is 11.9 Å². The molecule has 1 aliphatic carbocycles. The molecule has 1 aromatic carbocycles. The van der Waals surface area contributed by atoms with Gasteiger partial charge in [0, 0.05) is 11.6 Å². The molecule has 0 heterocycles. The molecule has 0 aliphatic heterocycles. The number of carbonyl (C=O) groups is 1. The monoisotopic (exact) mass is 256 g/mol. The van der Waals surface area contributed by atoms with E-state index in [1.54, 1.807) is 24.3 Å². The number of hydrogen-bond acceptors (Lipinski definition) is 2. The van der Waals surface area contributed by atoms with Crippen molar-refractivity contribution in [1.29, 1.82) is 5.26 Å². The molecule has 0 bridgehead atoms. The highest BCUT2D eigenvalue weighted by molar-refractivity contribution is 5.94. The van der Waals surface area contributed by atoms with Crippen LogP contribution in [0.15, 0.2) is 24.3 Å². The Morgan fingerprint density at radius 3 is 2.95 bits per heavy atom. The molecule has 1 N–H and O–H groups in total. The van der Waals surface area contributed by atoms with E-state index >= 15 is 0 Å². The summed E-state index contributed by atoms with van der Waals surface area (Å²) in [6.07, 6.45) is 5.86. The summed E-state index contributed by atoms with van der Waals surface area (Å²) in [5.41, 5.74) is 1.11. The molecular formula is C16H20N2O. The smallest absolute Gasteiger partial charge is 0.251 e. The quantitative estimate of drug-likeness (QED) is 0.902. The normalized spacial score (nSPS) is 22.5. The largest absolute Gasteiger partial charge is 0.349 e. The maximum atomic E-state index is 12.2. The molecule has 3 heteroatoms. The van der Waals surface area contributed by atoms with Crippen LogP contribution in [-0.4, -0.2) is 11.9 Å². The Hall–Kier alpha value is -1.82. The molecule has 2 unspecified atom stereocenters. The lowest BCUT2D eigenvalue weighted by Crippen LogP contribution is -2.41. The topological polar surface area (TPSA) is 52.9 Å². The van der Waals surface area contributed by atoms with Crippen molar-refractivity contribution in [3.05, 3.63) is 35.4 Å². The fourth-order valence-electron chi connectivity index (χ4n) is 2.87. The molecule has 0 aromatic heterocycles. The van der Waals surface area contributed by atoms with Gasteiger partial charge in [-0.25, -0.2) is 0 Å². The zero-order valence-corrected chi connectivity index (χ0v) is 11.4. The predicted molar refractivity (Wildman–Crippen MR) is 74.7 cm³/mol. The SMILES string of the molecule is CCC1CCCCC1NC(=O)c1cccc(C#N)c1. The number of amides is 1. The first kappa shape index (κ1) is 13.6. The third-order valence-corrected chi connectivity index (χ3v) is 4.00. The van der Waals surface area contributed by atoms with Crippen LogP contribution >= 0.6 is 0 Å². The van der Waals surface area contributed by atoms with Gasteiger partial charge in [0.15, 0.2) is 0 Å². The second kappa shape index (κ2) is 6.38. The van der Waals surface area contributed by atoms with E-state index < -0.39 is 0 Å². The van der Waals surface area contributed by atoms with Crippen molar-refractivity contribution in [3.8, 4) is 6.07 Å². The van der Waals surface area contributed by atoms with Crippen LogP contribution in [0.5, 0.6) is 0 Å². The van der Waals surface area contributed by atoms with Crippen LogP contribution < -0.4 is 5.32 Å². The van der Waals surface area contributed by atoms with Crippen molar-refractivity contribution >= 4 is 5.91 Å². The predicted octanol–water partition coefficient (Wildman–Crippen LogP) is 3.26. The van der Waals surface area contributed by atoms with Crippen LogP contribution in [0.25, 0.3) is 0 Å². The number of nitrogens with zero attached hydrogens (tertiary/aromatic N) is 1. The molecule has 2 rings (SSSR count). The Kier molecular flexibility index (Phi) is 4.57. The second-order valence-electron chi connectivity index (χ2n) is 5.23. The highest BCUT2D eigenvalue weighted by Crippen LogP contribution is 2.27. The number of nitrogens with one attached hydrogen (secondary N) is 1. The van der Waals surface area contributed by atoms with E-state index in [0.29, 0.717) is 17.0 Å². The molecule has 100 valence electrons. The Bertz CT molecular complexity index is 490. The Morgan fingerprint density at radius 1 is 1.42 bits per heavy atom. The van der Waals surface area contributed by atoms with Crippen molar-refractivity contribution in [2.24, 2.45) is 5.92 Å². The summed E-state index contributed by atoms with van der Waals surface area (Å²) in [6.45, 7) is 2.19. The maximum Gasteiger partial charge on any atom is 0.251 e. The van der Waals surface area contributed by atoms with E-state index in [1.807, 2.05) is 0 Å². The minimum atomic E-state index is -0.0533. The highest BCUT2D eigenvalue weighted by Gasteiger charge is 2.25. The van der Waals surface area contributed by atoms with E-state index in [9.17, 15) is 4.79 Å². The molecule has 1 amide bonds. The molecule has 1 saturated carbocycles. The molecule has 19 heavy (non-hydrogen) atoms. The number of benzene rings is 1. The van der Waals surface area contributed by atoms with Gasteiger partial charge in [0.25, 0.3) is 5.91 Å². The summed E-state index contributed by atoms with van der Waals surface area (Å²) in [5.74, 6) is 0.541. The number of carbonyl (C=O) groups excluding carboxylic acids is 1. The minimum Gasteiger partial charge on any atom is -0.349 e. The van der Waals surface area contributed by atoms with Crippen LogP contribution in [0.3, 0.4) is 0 Å². The standard InChI is InChI=1S/C16H20N2O/c1-2-13-7-3-4-9-15(13)18-16(19)14-8-5-6-12(10-14)11-17/h5-6,8,10,13,15H,2-4,7,9H2,1H3,(H,18,19). The average Bonchev–Trinajstić information content (AvgIpc) is 2.47. The van der Waals surface area contributed by atoms with Crippen LogP contribution in [0.2, 0.25) is 0 Å². The van der Waals surface area contributed by atoms with Gasteiger partial charge in [-0.1, -0.05) is 32.3 Å². The van der Waals surface area contributed by atoms with Gasteiger partial charge in [0.1, 0.15) is 0 Å². The third kappa shape index (κ3) is 3.35.